The van der Waals surface area contributed by atoms with Gasteiger partial charge in [-0.3, -0.25) is 4.79 Å². The number of carbonyl (C=O) groups is 1. The van der Waals surface area contributed by atoms with Crippen molar-refractivity contribution in [2.45, 2.75) is 32.7 Å². The molecule has 1 atom stereocenters. The molecule has 0 radical (unpaired) electrons. The summed E-state index contributed by atoms with van der Waals surface area (Å²) >= 11 is 5.89. The molecule has 1 rings (SSSR count). The normalized spacial score (nSPS) is 12.8. The second kappa shape index (κ2) is 6.12. The topological polar surface area (TPSA) is 43.1 Å². The van der Waals surface area contributed by atoms with Gasteiger partial charge in [0.2, 0.25) is 0 Å². The minimum atomic E-state index is -0.505. The lowest BCUT2D eigenvalue weighted by Crippen LogP contribution is -2.33. The van der Waals surface area contributed by atoms with E-state index >= 15 is 0 Å². The fraction of sp³-hybridized carbons (Fsp3) is 0.462. The minimum Gasteiger partial charge on any atom is -0.321 e. The molecule has 0 aliphatic heterocycles. The number of hydrogen-bond acceptors (Lipinski definition) is 2. The molecule has 0 aliphatic rings. The first-order valence-corrected chi connectivity index (χ1v) is 6.00. The third-order valence-electron chi connectivity index (χ3n) is 2.51. The summed E-state index contributed by atoms with van der Waals surface area (Å²) in [6.07, 6.45) is 0.719. The Hall–Kier alpha value is -0.930. The maximum atomic E-state index is 13.0. The summed E-state index contributed by atoms with van der Waals surface area (Å²) in [5.41, 5.74) is 6.26. The van der Waals surface area contributed by atoms with Crippen LogP contribution in [0.3, 0.4) is 0 Å². The Morgan fingerprint density at radius 1 is 1.47 bits per heavy atom. The van der Waals surface area contributed by atoms with Crippen LogP contribution >= 0.6 is 11.6 Å². The SMILES string of the molecule is CC(C)CC(N)C(=O)Cc1cc(F)ccc1Cl. The monoisotopic (exact) mass is 257 g/mol. The standard InChI is InChI=1S/C13H17ClFNO/c1-8(2)5-12(16)13(17)7-9-6-10(15)3-4-11(9)14/h3-4,6,8,12H,5,7,16H2,1-2H3. The van der Waals surface area contributed by atoms with Gasteiger partial charge in [-0.25, -0.2) is 4.39 Å². The van der Waals surface area contributed by atoms with E-state index in [-0.39, 0.29) is 12.2 Å². The fourth-order valence-corrected chi connectivity index (χ4v) is 1.82. The van der Waals surface area contributed by atoms with E-state index in [1.54, 1.807) is 0 Å². The van der Waals surface area contributed by atoms with E-state index in [0.29, 0.717) is 22.9 Å². The quantitative estimate of drug-likeness (QED) is 0.881. The molecule has 1 unspecified atom stereocenters. The molecule has 17 heavy (non-hydrogen) atoms. The molecular weight excluding hydrogens is 241 g/mol. The van der Waals surface area contributed by atoms with E-state index in [4.69, 9.17) is 17.3 Å². The Morgan fingerprint density at radius 2 is 2.12 bits per heavy atom. The molecule has 0 spiro atoms. The van der Waals surface area contributed by atoms with Crippen LogP contribution in [0.5, 0.6) is 0 Å². The second-order valence-corrected chi connectivity index (χ2v) is 5.02. The van der Waals surface area contributed by atoms with Crippen LogP contribution in [-0.2, 0) is 11.2 Å². The highest BCUT2D eigenvalue weighted by Gasteiger charge is 2.16. The number of nitrogens with two attached hydrogens (primary N) is 1. The third kappa shape index (κ3) is 4.44. The van der Waals surface area contributed by atoms with Crippen molar-refractivity contribution in [2.24, 2.45) is 11.7 Å². The molecule has 1 aromatic rings. The largest absolute Gasteiger partial charge is 0.321 e. The Balaban J connectivity index is 2.70. The molecule has 0 saturated carbocycles. The van der Waals surface area contributed by atoms with Crippen molar-refractivity contribution in [3.05, 3.63) is 34.6 Å². The number of hydrogen-bond donors (Lipinski definition) is 1. The summed E-state index contributed by atoms with van der Waals surface area (Å²) in [7, 11) is 0. The minimum absolute atomic E-state index is 0.0878. The van der Waals surface area contributed by atoms with Gasteiger partial charge in [0.25, 0.3) is 0 Å². The van der Waals surface area contributed by atoms with Crippen LogP contribution < -0.4 is 5.73 Å². The fourth-order valence-electron chi connectivity index (χ4n) is 1.64. The van der Waals surface area contributed by atoms with Gasteiger partial charge in [-0.1, -0.05) is 25.4 Å². The summed E-state index contributed by atoms with van der Waals surface area (Å²) in [6, 6.07) is 3.49. The van der Waals surface area contributed by atoms with Gasteiger partial charge in [-0.15, -0.1) is 0 Å². The summed E-state index contributed by atoms with van der Waals surface area (Å²) in [4.78, 5) is 11.8. The van der Waals surface area contributed by atoms with E-state index < -0.39 is 11.9 Å². The molecule has 0 heterocycles. The molecular formula is C13H17ClFNO. The number of rotatable bonds is 5. The average Bonchev–Trinajstić information content (AvgIpc) is 2.22. The molecule has 0 aromatic heterocycles. The number of carbonyl (C=O) groups excluding carboxylic acids is 1. The summed E-state index contributed by atoms with van der Waals surface area (Å²) in [5.74, 6) is -0.141. The highest BCUT2D eigenvalue weighted by Crippen LogP contribution is 2.18. The first-order chi connectivity index (χ1) is 7.90. The smallest absolute Gasteiger partial charge is 0.153 e. The number of Topliss-reactive ketones (excluding diaryl/α,β-unsaturated/α-hetero) is 1. The van der Waals surface area contributed by atoms with Crippen molar-refractivity contribution in [1.82, 2.24) is 0 Å². The zero-order valence-corrected chi connectivity index (χ0v) is 10.8. The Morgan fingerprint density at radius 3 is 2.71 bits per heavy atom. The van der Waals surface area contributed by atoms with E-state index in [1.165, 1.54) is 18.2 Å². The first-order valence-electron chi connectivity index (χ1n) is 5.62. The maximum absolute atomic E-state index is 13.0. The van der Waals surface area contributed by atoms with Gasteiger partial charge in [0, 0.05) is 11.4 Å². The highest BCUT2D eigenvalue weighted by atomic mass is 35.5. The van der Waals surface area contributed by atoms with Crippen LogP contribution in [0.2, 0.25) is 5.02 Å². The molecule has 0 fully saturated rings. The van der Waals surface area contributed by atoms with Gasteiger partial charge in [-0.05, 0) is 36.1 Å². The zero-order valence-electron chi connectivity index (χ0n) is 10.0. The Kier molecular flexibility index (Phi) is 5.09. The molecule has 2 nitrogen and oxygen atoms in total. The van der Waals surface area contributed by atoms with Crippen molar-refractivity contribution in [1.29, 1.82) is 0 Å². The summed E-state index contributed by atoms with van der Waals surface area (Å²) in [5, 5.41) is 0.400. The molecule has 0 aliphatic carbocycles. The zero-order chi connectivity index (χ0) is 13.0. The van der Waals surface area contributed by atoms with Crippen molar-refractivity contribution in [3.63, 3.8) is 0 Å². The Labute approximate surface area is 106 Å². The molecule has 0 saturated heterocycles. The number of ketones is 1. The lowest BCUT2D eigenvalue weighted by molar-refractivity contribution is -0.120. The van der Waals surface area contributed by atoms with Crippen molar-refractivity contribution >= 4 is 17.4 Å². The van der Waals surface area contributed by atoms with Crippen molar-refractivity contribution < 1.29 is 9.18 Å². The van der Waals surface area contributed by atoms with Crippen LogP contribution in [0, 0.1) is 11.7 Å². The lowest BCUT2D eigenvalue weighted by atomic mass is 9.97. The second-order valence-electron chi connectivity index (χ2n) is 4.61. The van der Waals surface area contributed by atoms with Crippen LogP contribution in [-0.4, -0.2) is 11.8 Å². The molecule has 1 aromatic carbocycles. The van der Waals surface area contributed by atoms with Gasteiger partial charge in [-0.2, -0.15) is 0 Å². The van der Waals surface area contributed by atoms with Gasteiger partial charge < -0.3 is 5.73 Å². The van der Waals surface area contributed by atoms with Crippen LogP contribution in [0.4, 0.5) is 4.39 Å². The first kappa shape index (κ1) is 14.1. The van der Waals surface area contributed by atoms with Crippen LogP contribution in [0.25, 0.3) is 0 Å². The Bertz CT molecular complexity index is 406. The van der Waals surface area contributed by atoms with Crippen molar-refractivity contribution in [3.8, 4) is 0 Å². The third-order valence-corrected chi connectivity index (χ3v) is 2.88. The van der Waals surface area contributed by atoms with Gasteiger partial charge >= 0.3 is 0 Å². The highest BCUT2D eigenvalue weighted by molar-refractivity contribution is 6.31. The van der Waals surface area contributed by atoms with Crippen LogP contribution in [0.1, 0.15) is 25.8 Å². The molecule has 0 bridgehead atoms. The van der Waals surface area contributed by atoms with E-state index in [1.807, 2.05) is 13.8 Å². The number of halogens is 2. The number of benzene rings is 1. The molecule has 0 amide bonds. The predicted molar refractivity (Wildman–Crippen MR) is 67.6 cm³/mol. The van der Waals surface area contributed by atoms with Gasteiger partial charge in [0.1, 0.15) is 5.82 Å². The van der Waals surface area contributed by atoms with Gasteiger partial charge in [0.05, 0.1) is 6.04 Å². The molecule has 94 valence electrons. The molecule has 4 heteroatoms. The van der Waals surface area contributed by atoms with E-state index in [2.05, 4.69) is 0 Å². The van der Waals surface area contributed by atoms with E-state index in [9.17, 15) is 9.18 Å². The lowest BCUT2D eigenvalue weighted by Gasteiger charge is -2.13. The average molecular weight is 258 g/mol. The predicted octanol–water partition coefficient (Wildman–Crippen LogP) is 2.96. The summed E-state index contributed by atoms with van der Waals surface area (Å²) < 4.78 is 13.0. The maximum Gasteiger partial charge on any atom is 0.153 e. The van der Waals surface area contributed by atoms with Crippen molar-refractivity contribution in [2.75, 3.05) is 0 Å². The van der Waals surface area contributed by atoms with Gasteiger partial charge in [0.15, 0.2) is 5.78 Å². The van der Waals surface area contributed by atoms with Crippen LogP contribution in [0.15, 0.2) is 18.2 Å². The van der Waals surface area contributed by atoms with E-state index in [0.717, 1.165) is 0 Å². The summed E-state index contributed by atoms with van der Waals surface area (Å²) in [6.45, 7) is 4.00. The molecule has 2 N–H and O–H groups in total.